The molecule has 0 bridgehead atoms. The van der Waals surface area contributed by atoms with Crippen LogP contribution in [-0.2, 0) is 0 Å². The van der Waals surface area contributed by atoms with E-state index in [2.05, 4.69) is 36.5 Å². The lowest BCUT2D eigenvalue weighted by Crippen LogP contribution is -2.38. The van der Waals surface area contributed by atoms with Gasteiger partial charge in [-0.05, 0) is 55.4 Å². The number of hydrogen-bond acceptors (Lipinski definition) is 10. The molecule has 1 aliphatic rings. The van der Waals surface area contributed by atoms with Gasteiger partial charge in [-0.2, -0.15) is 0 Å². The highest BCUT2D eigenvalue weighted by Crippen LogP contribution is 2.28. The average Bonchev–Trinajstić information content (AvgIpc) is 3.20. The van der Waals surface area contributed by atoms with Gasteiger partial charge in [-0.1, -0.05) is 0 Å². The standard InChI is InChI=1S/C18H30N8O3/c27-26(28)16-4-3-15(17-18(16)24-29-23-17)22-11-14-25-12-2-7-20-9-8-19-5-1-6-21-10-13-25/h3-4,19-22H,1-2,5-14H2. The first kappa shape index (κ1) is 21.4. The molecule has 1 aromatic carbocycles. The minimum atomic E-state index is -0.478. The third-order valence-corrected chi connectivity index (χ3v) is 4.95. The van der Waals surface area contributed by atoms with E-state index >= 15 is 0 Å². The average molecular weight is 406 g/mol. The summed E-state index contributed by atoms with van der Waals surface area (Å²) in [5.41, 5.74) is 1.15. The smallest absolute Gasteiger partial charge is 0.300 e. The van der Waals surface area contributed by atoms with Crippen molar-refractivity contribution in [3.8, 4) is 0 Å². The van der Waals surface area contributed by atoms with E-state index in [1.54, 1.807) is 6.07 Å². The maximum Gasteiger partial charge on any atom is 0.300 e. The minimum Gasteiger partial charge on any atom is -0.382 e. The van der Waals surface area contributed by atoms with Crippen LogP contribution in [0.5, 0.6) is 0 Å². The fraction of sp³-hybridized carbons (Fsp3) is 0.667. The number of benzene rings is 1. The van der Waals surface area contributed by atoms with Crippen LogP contribution in [-0.4, -0.2) is 85.6 Å². The number of nitrogens with one attached hydrogen (secondary N) is 4. The van der Waals surface area contributed by atoms with Crippen LogP contribution >= 0.6 is 0 Å². The molecule has 11 heteroatoms. The second-order valence-electron chi connectivity index (χ2n) is 7.08. The van der Waals surface area contributed by atoms with Crippen molar-refractivity contribution in [3.05, 3.63) is 22.2 Å². The Morgan fingerprint density at radius 1 is 1.00 bits per heavy atom. The van der Waals surface area contributed by atoms with E-state index in [4.69, 9.17) is 4.63 Å². The Balaban J connectivity index is 1.52. The van der Waals surface area contributed by atoms with Crippen molar-refractivity contribution in [2.45, 2.75) is 12.8 Å². The van der Waals surface area contributed by atoms with Crippen LogP contribution in [0.3, 0.4) is 0 Å². The number of anilines is 1. The second kappa shape index (κ2) is 11.6. The van der Waals surface area contributed by atoms with Crippen molar-refractivity contribution < 1.29 is 9.55 Å². The molecule has 2 aromatic rings. The largest absolute Gasteiger partial charge is 0.382 e. The van der Waals surface area contributed by atoms with E-state index in [1.165, 1.54) is 6.07 Å². The van der Waals surface area contributed by atoms with Gasteiger partial charge in [0.05, 0.1) is 10.6 Å². The Bertz CT molecular complexity index is 755. The highest BCUT2D eigenvalue weighted by Gasteiger charge is 2.19. The molecular weight excluding hydrogens is 376 g/mol. The highest BCUT2D eigenvalue weighted by atomic mass is 16.6. The molecule has 0 aliphatic carbocycles. The molecular formula is C18H30N8O3. The van der Waals surface area contributed by atoms with Crippen molar-refractivity contribution in [1.29, 1.82) is 0 Å². The molecule has 1 fully saturated rings. The van der Waals surface area contributed by atoms with E-state index in [1.807, 2.05) is 0 Å². The zero-order valence-corrected chi connectivity index (χ0v) is 16.7. The van der Waals surface area contributed by atoms with Crippen molar-refractivity contribution in [1.82, 2.24) is 31.2 Å². The van der Waals surface area contributed by atoms with Crippen LogP contribution in [0.1, 0.15) is 12.8 Å². The normalized spacial score (nSPS) is 18.3. The summed E-state index contributed by atoms with van der Waals surface area (Å²) < 4.78 is 4.72. The Morgan fingerprint density at radius 3 is 2.52 bits per heavy atom. The first-order chi connectivity index (χ1) is 14.3. The summed E-state index contributed by atoms with van der Waals surface area (Å²) >= 11 is 0. The molecule has 0 saturated carbocycles. The fourth-order valence-corrected chi connectivity index (χ4v) is 3.38. The van der Waals surface area contributed by atoms with E-state index in [9.17, 15) is 10.1 Å². The zero-order valence-electron chi connectivity index (χ0n) is 16.7. The Kier molecular flexibility index (Phi) is 8.56. The number of fused-ring (bicyclic) bond motifs is 1. The molecule has 4 N–H and O–H groups in total. The Hall–Kier alpha value is -2.34. The Labute approximate surface area is 169 Å². The molecule has 1 aromatic heterocycles. The van der Waals surface area contributed by atoms with Crippen molar-refractivity contribution in [2.75, 3.05) is 70.8 Å². The summed E-state index contributed by atoms with van der Waals surface area (Å²) in [5.74, 6) is 0. The van der Waals surface area contributed by atoms with Crippen LogP contribution in [0.2, 0.25) is 0 Å². The predicted octanol–water partition coefficient (Wildman–Crippen LogP) is 0.408. The van der Waals surface area contributed by atoms with Crippen molar-refractivity contribution in [3.63, 3.8) is 0 Å². The number of nitro groups is 1. The summed E-state index contributed by atoms with van der Waals surface area (Å²) in [5, 5.41) is 32.3. The molecule has 1 saturated heterocycles. The summed E-state index contributed by atoms with van der Waals surface area (Å²) in [4.78, 5) is 13.0. The van der Waals surface area contributed by atoms with Crippen LogP contribution in [0.4, 0.5) is 11.4 Å². The molecule has 0 radical (unpaired) electrons. The lowest BCUT2D eigenvalue weighted by atomic mass is 10.2. The lowest BCUT2D eigenvalue weighted by molar-refractivity contribution is -0.383. The summed E-state index contributed by atoms with van der Waals surface area (Å²) in [6, 6.07) is 3.09. The maximum absolute atomic E-state index is 11.1. The third-order valence-electron chi connectivity index (χ3n) is 4.95. The fourth-order valence-electron chi connectivity index (χ4n) is 3.38. The summed E-state index contributed by atoms with van der Waals surface area (Å²) in [6.07, 6.45) is 2.22. The van der Waals surface area contributed by atoms with E-state index in [-0.39, 0.29) is 11.2 Å². The molecule has 160 valence electrons. The van der Waals surface area contributed by atoms with Gasteiger partial charge in [-0.3, -0.25) is 10.1 Å². The van der Waals surface area contributed by atoms with Crippen molar-refractivity contribution in [2.24, 2.45) is 0 Å². The minimum absolute atomic E-state index is 0.102. The molecule has 3 rings (SSSR count). The first-order valence-electron chi connectivity index (χ1n) is 10.2. The van der Waals surface area contributed by atoms with E-state index in [0.29, 0.717) is 17.7 Å². The summed E-state index contributed by atoms with van der Waals surface area (Å²) in [7, 11) is 0. The number of nitrogens with zero attached hydrogens (tertiary/aromatic N) is 4. The topological polar surface area (TPSA) is 133 Å². The quantitative estimate of drug-likeness (QED) is 0.408. The van der Waals surface area contributed by atoms with Gasteiger partial charge in [0.25, 0.3) is 0 Å². The molecule has 29 heavy (non-hydrogen) atoms. The Morgan fingerprint density at radius 2 is 1.72 bits per heavy atom. The molecule has 0 atom stereocenters. The van der Waals surface area contributed by atoms with Gasteiger partial charge in [-0.15, -0.1) is 0 Å². The van der Waals surface area contributed by atoms with Crippen LogP contribution in [0, 0.1) is 10.1 Å². The number of aromatic nitrogens is 2. The number of rotatable bonds is 5. The number of non-ortho nitro benzene ring substituents is 1. The van der Waals surface area contributed by atoms with E-state index < -0.39 is 4.92 Å². The molecule has 0 unspecified atom stereocenters. The molecule has 0 spiro atoms. The second-order valence-corrected chi connectivity index (χ2v) is 7.08. The van der Waals surface area contributed by atoms with Crippen LogP contribution in [0.15, 0.2) is 16.8 Å². The van der Waals surface area contributed by atoms with Crippen LogP contribution in [0.25, 0.3) is 11.0 Å². The van der Waals surface area contributed by atoms with Gasteiger partial charge in [0.2, 0.25) is 5.52 Å². The van der Waals surface area contributed by atoms with Crippen molar-refractivity contribution >= 4 is 22.4 Å². The summed E-state index contributed by atoms with van der Waals surface area (Å²) in [6.45, 7) is 9.61. The van der Waals surface area contributed by atoms with Gasteiger partial charge in [-0.25, -0.2) is 4.63 Å². The van der Waals surface area contributed by atoms with Gasteiger partial charge in [0.1, 0.15) is 0 Å². The zero-order chi connectivity index (χ0) is 20.3. The maximum atomic E-state index is 11.1. The van der Waals surface area contributed by atoms with E-state index in [0.717, 1.165) is 71.7 Å². The molecule has 2 heterocycles. The third kappa shape index (κ3) is 6.60. The SMILES string of the molecule is O=[N+]([O-])c1ccc(NCCN2CCCNCCNCCCNCC2)c2nonc12. The lowest BCUT2D eigenvalue weighted by Gasteiger charge is -2.23. The van der Waals surface area contributed by atoms with Gasteiger partial charge < -0.3 is 26.2 Å². The number of hydrogen-bond donors (Lipinski definition) is 4. The van der Waals surface area contributed by atoms with Crippen LogP contribution < -0.4 is 21.3 Å². The first-order valence-corrected chi connectivity index (χ1v) is 10.2. The monoisotopic (exact) mass is 406 g/mol. The van der Waals surface area contributed by atoms with Gasteiger partial charge in [0.15, 0.2) is 5.52 Å². The number of nitro benzene ring substituents is 1. The predicted molar refractivity (Wildman–Crippen MR) is 111 cm³/mol. The van der Waals surface area contributed by atoms with Gasteiger partial charge in [0, 0.05) is 45.3 Å². The molecule has 11 nitrogen and oxygen atoms in total. The molecule has 0 amide bonds. The molecule has 1 aliphatic heterocycles. The van der Waals surface area contributed by atoms with Gasteiger partial charge >= 0.3 is 5.69 Å². The highest BCUT2D eigenvalue weighted by molar-refractivity contribution is 5.93.